The molecular formula is C34H37N7O2. The summed E-state index contributed by atoms with van der Waals surface area (Å²) in [5.74, 6) is 1.28. The molecule has 0 radical (unpaired) electrons. The van der Waals surface area contributed by atoms with Gasteiger partial charge >= 0.3 is 0 Å². The normalized spacial score (nSPS) is 14.3. The Balaban J connectivity index is 1.22. The number of ether oxygens (including phenoxy) is 1. The van der Waals surface area contributed by atoms with Crippen LogP contribution in [0.3, 0.4) is 0 Å². The number of aromatic nitrogens is 4. The van der Waals surface area contributed by atoms with Gasteiger partial charge in [0.25, 0.3) is 5.91 Å². The first kappa shape index (κ1) is 28.5. The van der Waals surface area contributed by atoms with Crippen LogP contribution >= 0.6 is 0 Å². The number of likely N-dealkylation sites (N-methyl/N-ethyl adjacent to an activating group) is 1. The van der Waals surface area contributed by atoms with Crippen LogP contribution in [0.2, 0.25) is 0 Å². The second kappa shape index (κ2) is 11.9. The summed E-state index contributed by atoms with van der Waals surface area (Å²) in [6.07, 6.45) is 1.70. The van der Waals surface area contributed by atoms with E-state index in [0.29, 0.717) is 34.1 Å². The van der Waals surface area contributed by atoms with Crippen molar-refractivity contribution < 1.29 is 9.53 Å². The number of rotatable bonds is 7. The molecule has 9 heteroatoms. The van der Waals surface area contributed by atoms with Crippen LogP contribution in [-0.4, -0.2) is 68.7 Å². The molecule has 0 bridgehead atoms. The van der Waals surface area contributed by atoms with Gasteiger partial charge in [0, 0.05) is 56.6 Å². The lowest BCUT2D eigenvalue weighted by molar-refractivity contribution is 0.102. The number of aryl methyl sites for hydroxylation is 4. The number of hydrogen-bond acceptors (Lipinski definition) is 7. The molecule has 0 atom stereocenters. The predicted molar refractivity (Wildman–Crippen MR) is 170 cm³/mol. The van der Waals surface area contributed by atoms with Crippen molar-refractivity contribution >= 4 is 22.6 Å². The van der Waals surface area contributed by atoms with E-state index in [1.54, 1.807) is 16.9 Å². The second-order valence-electron chi connectivity index (χ2n) is 11.5. The van der Waals surface area contributed by atoms with Crippen LogP contribution in [0.15, 0.2) is 66.9 Å². The zero-order chi connectivity index (χ0) is 30.1. The molecule has 0 spiro atoms. The van der Waals surface area contributed by atoms with Crippen LogP contribution in [0.1, 0.15) is 32.6 Å². The zero-order valence-electron chi connectivity index (χ0n) is 25.4. The minimum atomic E-state index is -0.203. The average Bonchev–Trinajstić information content (AvgIpc) is 3.37. The number of carbonyl (C=O) groups is 1. The lowest BCUT2D eigenvalue weighted by Crippen LogP contribution is -2.43. The summed E-state index contributed by atoms with van der Waals surface area (Å²) in [7, 11) is 4.01. The maximum atomic E-state index is 13.3. The molecule has 1 fully saturated rings. The molecule has 1 N–H and O–H groups in total. The second-order valence-corrected chi connectivity index (χ2v) is 11.5. The fourth-order valence-electron chi connectivity index (χ4n) is 5.26. The molecule has 0 aliphatic carbocycles. The summed E-state index contributed by atoms with van der Waals surface area (Å²) in [6.45, 7) is 11.3. The number of hydrogen-bond donors (Lipinski definition) is 1. The highest BCUT2D eigenvalue weighted by atomic mass is 16.5. The fourth-order valence-corrected chi connectivity index (χ4v) is 5.26. The molecule has 220 valence electrons. The zero-order valence-corrected chi connectivity index (χ0v) is 25.4. The summed E-state index contributed by atoms with van der Waals surface area (Å²) in [5.41, 5.74) is 7.30. The SMILES string of the molecule is Cc1ccc(-c2nc(Oc3cc(C(=O)Nc4ccc(CN5CCN(C)CC5)c(C)c4)ccc3C)c3cnn(C)c3n2)cc1. The number of carbonyl (C=O) groups excluding carboxylic acids is 1. The number of piperazine rings is 1. The largest absolute Gasteiger partial charge is 0.438 e. The third-order valence-corrected chi connectivity index (χ3v) is 8.11. The van der Waals surface area contributed by atoms with Crippen molar-refractivity contribution in [2.75, 3.05) is 38.5 Å². The van der Waals surface area contributed by atoms with E-state index in [0.717, 1.165) is 55.1 Å². The number of nitrogens with zero attached hydrogens (tertiary/aromatic N) is 6. The van der Waals surface area contributed by atoms with E-state index in [2.05, 4.69) is 40.3 Å². The van der Waals surface area contributed by atoms with Gasteiger partial charge in [0.05, 0.1) is 6.20 Å². The van der Waals surface area contributed by atoms with Gasteiger partial charge < -0.3 is 15.0 Å². The first-order chi connectivity index (χ1) is 20.7. The van der Waals surface area contributed by atoms with Crippen LogP contribution in [0, 0.1) is 20.8 Å². The summed E-state index contributed by atoms with van der Waals surface area (Å²) < 4.78 is 8.09. The predicted octanol–water partition coefficient (Wildman–Crippen LogP) is 5.75. The molecule has 1 saturated heterocycles. The molecule has 3 heterocycles. The van der Waals surface area contributed by atoms with Gasteiger partial charge in [0.2, 0.25) is 5.88 Å². The third kappa shape index (κ3) is 6.28. The number of nitrogens with one attached hydrogen (secondary N) is 1. The Hall–Kier alpha value is -4.60. The van der Waals surface area contributed by atoms with Crippen LogP contribution < -0.4 is 10.1 Å². The molecule has 1 amide bonds. The average molecular weight is 576 g/mol. The van der Waals surface area contributed by atoms with Crippen molar-refractivity contribution in [3.63, 3.8) is 0 Å². The Labute approximate surface area is 252 Å². The maximum Gasteiger partial charge on any atom is 0.255 e. The van der Waals surface area contributed by atoms with Gasteiger partial charge in [-0.25, -0.2) is 4.98 Å². The molecule has 1 aliphatic rings. The first-order valence-corrected chi connectivity index (χ1v) is 14.6. The molecule has 2 aromatic heterocycles. The van der Waals surface area contributed by atoms with Gasteiger partial charge in [-0.3, -0.25) is 14.4 Å². The first-order valence-electron chi connectivity index (χ1n) is 14.6. The molecule has 1 aliphatic heterocycles. The maximum absolute atomic E-state index is 13.3. The quantitative estimate of drug-likeness (QED) is 0.264. The van der Waals surface area contributed by atoms with Crippen LogP contribution in [0.5, 0.6) is 11.6 Å². The van der Waals surface area contributed by atoms with E-state index < -0.39 is 0 Å². The van der Waals surface area contributed by atoms with E-state index in [1.165, 1.54) is 11.1 Å². The molecule has 43 heavy (non-hydrogen) atoms. The van der Waals surface area contributed by atoms with Gasteiger partial charge in [0.15, 0.2) is 11.5 Å². The molecule has 9 nitrogen and oxygen atoms in total. The van der Waals surface area contributed by atoms with E-state index in [-0.39, 0.29) is 5.91 Å². The number of fused-ring (bicyclic) bond motifs is 1. The van der Waals surface area contributed by atoms with Crippen LogP contribution in [0.4, 0.5) is 5.69 Å². The van der Waals surface area contributed by atoms with Gasteiger partial charge in [-0.15, -0.1) is 0 Å². The van der Waals surface area contributed by atoms with Gasteiger partial charge in [-0.05, 0) is 68.8 Å². The van der Waals surface area contributed by atoms with Crippen molar-refractivity contribution in [2.45, 2.75) is 27.3 Å². The number of amides is 1. The lowest BCUT2D eigenvalue weighted by atomic mass is 10.1. The van der Waals surface area contributed by atoms with Crippen LogP contribution in [-0.2, 0) is 13.6 Å². The Morgan fingerprint density at radius 2 is 1.65 bits per heavy atom. The molecule has 0 saturated carbocycles. The van der Waals surface area contributed by atoms with Crippen molar-refractivity contribution in [1.29, 1.82) is 0 Å². The summed E-state index contributed by atoms with van der Waals surface area (Å²) in [4.78, 5) is 27.7. The third-order valence-electron chi connectivity index (χ3n) is 8.11. The van der Waals surface area contributed by atoms with Gasteiger partial charge in [0.1, 0.15) is 11.1 Å². The highest BCUT2D eigenvalue weighted by Gasteiger charge is 2.18. The van der Waals surface area contributed by atoms with Gasteiger partial charge in [-0.1, -0.05) is 42.0 Å². The molecule has 6 rings (SSSR count). The standard InChI is InChI=1S/C34H37N7O2/c1-22-6-9-25(10-7-22)31-37-32-29(20-35-40(32)5)34(38-31)43-30-19-26(11-8-23(30)2)33(42)36-28-13-12-27(24(3)18-28)21-41-16-14-39(4)15-17-41/h6-13,18-20H,14-17,21H2,1-5H3,(H,36,42). The van der Waals surface area contributed by atoms with Crippen molar-refractivity contribution in [1.82, 2.24) is 29.5 Å². The number of anilines is 1. The molecule has 5 aromatic rings. The molecular weight excluding hydrogens is 538 g/mol. The van der Waals surface area contributed by atoms with E-state index >= 15 is 0 Å². The summed E-state index contributed by atoms with van der Waals surface area (Å²) >= 11 is 0. The number of benzene rings is 3. The van der Waals surface area contributed by atoms with E-state index in [9.17, 15) is 4.79 Å². The van der Waals surface area contributed by atoms with E-state index in [1.807, 2.05) is 69.4 Å². The highest BCUT2D eigenvalue weighted by Crippen LogP contribution is 2.32. The minimum absolute atomic E-state index is 0.203. The fraction of sp³-hybridized carbons (Fsp3) is 0.294. The van der Waals surface area contributed by atoms with Crippen LogP contribution in [0.25, 0.3) is 22.4 Å². The van der Waals surface area contributed by atoms with Crippen molar-refractivity contribution in [3.8, 4) is 23.0 Å². The Morgan fingerprint density at radius 3 is 2.40 bits per heavy atom. The Morgan fingerprint density at radius 1 is 0.884 bits per heavy atom. The minimum Gasteiger partial charge on any atom is -0.438 e. The van der Waals surface area contributed by atoms with Crippen molar-refractivity contribution in [2.24, 2.45) is 7.05 Å². The lowest BCUT2D eigenvalue weighted by Gasteiger charge is -2.32. The Kier molecular flexibility index (Phi) is 7.92. The molecule has 0 unspecified atom stereocenters. The topological polar surface area (TPSA) is 88.4 Å². The van der Waals surface area contributed by atoms with Crippen molar-refractivity contribution in [3.05, 3.63) is 94.7 Å². The molecule has 3 aromatic carbocycles. The monoisotopic (exact) mass is 575 g/mol. The smallest absolute Gasteiger partial charge is 0.255 e. The summed E-state index contributed by atoms with van der Waals surface area (Å²) in [5, 5.41) is 8.13. The Bertz CT molecular complexity index is 1790. The van der Waals surface area contributed by atoms with E-state index in [4.69, 9.17) is 14.7 Å². The van der Waals surface area contributed by atoms with Gasteiger partial charge in [-0.2, -0.15) is 10.1 Å². The highest BCUT2D eigenvalue weighted by molar-refractivity contribution is 6.04. The summed E-state index contributed by atoms with van der Waals surface area (Å²) in [6, 6.07) is 19.6.